The third-order valence-corrected chi connectivity index (χ3v) is 3.39. The highest BCUT2D eigenvalue weighted by atomic mass is 15.1. The molecule has 0 amide bonds. The topological polar surface area (TPSA) is 29.3 Å². The fourth-order valence-corrected chi connectivity index (χ4v) is 2.11. The molecule has 0 spiro atoms. The molecule has 2 heteroatoms. The second kappa shape index (κ2) is 8.13. The van der Waals surface area contributed by atoms with Gasteiger partial charge in [0, 0.05) is 18.8 Å². The van der Waals surface area contributed by atoms with Crippen LogP contribution in [-0.4, -0.2) is 19.6 Å². The molecule has 0 saturated heterocycles. The Morgan fingerprint density at radius 3 is 2.29 bits per heavy atom. The maximum Gasteiger partial charge on any atom is 0.0366 e. The summed E-state index contributed by atoms with van der Waals surface area (Å²) in [5.74, 6) is 0.785. The molecule has 0 saturated carbocycles. The van der Waals surface area contributed by atoms with Gasteiger partial charge in [0.05, 0.1) is 0 Å². The highest BCUT2D eigenvalue weighted by Crippen LogP contribution is 2.18. The normalized spacial score (nSPS) is 10.8. The molecular formula is C15H26N2. The predicted octanol–water partition coefficient (Wildman–Crippen LogP) is 3.28. The third-order valence-electron chi connectivity index (χ3n) is 3.39. The second-order valence-corrected chi connectivity index (χ2v) is 4.61. The van der Waals surface area contributed by atoms with Gasteiger partial charge in [0.1, 0.15) is 0 Å². The Hall–Kier alpha value is -1.02. The molecule has 0 aliphatic heterocycles. The summed E-state index contributed by atoms with van der Waals surface area (Å²) in [5.41, 5.74) is 6.95. The van der Waals surface area contributed by atoms with E-state index in [9.17, 15) is 0 Å². The van der Waals surface area contributed by atoms with E-state index in [1.807, 2.05) is 0 Å². The molecule has 0 bridgehead atoms. The molecule has 0 radical (unpaired) electrons. The first kappa shape index (κ1) is 14.0. The lowest BCUT2D eigenvalue weighted by atomic mass is 10.0. The van der Waals surface area contributed by atoms with Gasteiger partial charge in [0.25, 0.3) is 0 Å². The van der Waals surface area contributed by atoms with Crippen molar-refractivity contribution in [2.45, 2.75) is 33.1 Å². The fraction of sp³-hybridized carbons (Fsp3) is 0.600. The number of rotatable bonds is 8. The zero-order chi connectivity index (χ0) is 12.5. The standard InChI is InChI=1S/C15H26N2/c1-3-14(4-2)13-17(12-8-11-16)15-9-6-5-7-10-15/h5-7,9-10,14H,3-4,8,11-13,16H2,1-2H3. The van der Waals surface area contributed by atoms with E-state index >= 15 is 0 Å². The molecule has 0 aromatic heterocycles. The number of hydrogen-bond acceptors (Lipinski definition) is 2. The third kappa shape index (κ3) is 4.78. The van der Waals surface area contributed by atoms with E-state index in [2.05, 4.69) is 49.1 Å². The SMILES string of the molecule is CCC(CC)CN(CCCN)c1ccccc1. The van der Waals surface area contributed by atoms with E-state index in [0.717, 1.165) is 32.0 Å². The minimum absolute atomic E-state index is 0.770. The van der Waals surface area contributed by atoms with Crippen LogP contribution in [0.3, 0.4) is 0 Å². The quantitative estimate of drug-likeness (QED) is 0.748. The molecule has 0 aliphatic rings. The van der Waals surface area contributed by atoms with Crippen molar-refractivity contribution in [3.8, 4) is 0 Å². The average Bonchev–Trinajstić information content (AvgIpc) is 2.40. The molecule has 2 N–H and O–H groups in total. The zero-order valence-corrected chi connectivity index (χ0v) is 11.2. The van der Waals surface area contributed by atoms with Gasteiger partial charge in [-0.1, -0.05) is 44.9 Å². The Morgan fingerprint density at radius 1 is 1.12 bits per heavy atom. The highest BCUT2D eigenvalue weighted by molar-refractivity contribution is 5.45. The van der Waals surface area contributed by atoms with Crippen LogP contribution in [0.15, 0.2) is 30.3 Å². The van der Waals surface area contributed by atoms with Crippen molar-refractivity contribution < 1.29 is 0 Å². The molecular weight excluding hydrogens is 208 g/mol. The number of benzene rings is 1. The minimum atomic E-state index is 0.770. The lowest BCUT2D eigenvalue weighted by Gasteiger charge is -2.28. The van der Waals surface area contributed by atoms with Crippen LogP contribution in [0.25, 0.3) is 0 Å². The van der Waals surface area contributed by atoms with E-state index in [-0.39, 0.29) is 0 Å². The number of para-hydroxylation sites is 1. The van der Waals surface area contributed by atoms with Crippen LogP contribution < -0.4 is 10.6 Å². The number of anilines is 1. The summed E-state index contributed by atoms with van der Waals surface area (Å²) in [4.78, 5) is 2.48. The van der Waals surface area contributed by atoms with E-state index in [4.69, 9.17) is 5.73 Å². The second-order valence-electron chi connectivity index (χ2n) is 4.61. The van der Waals surface area contributed by atoms with E-state index < -0.39 is 0 Å². The first-order valence-corrected chi connectivity index (χ1v) is 6.81. The molecule has 0 aliphatic carbocycles. The van der Waals surface area contributed by atoms with Crippen molar-refractivity contribution >= 4 is 5.69 Å². The van der Waals surface area contributed by atoms with Gasteiger partial charge in [-0.15, -0.1) is 0 Å². The van der Waals surface area contributed by atoms with Crippen molar-refractivity contribution in [3.63, 3.8) is 0 Å². The van der Waals surface area contributed by atoms with Gasteiger partial charge < -0.3 is 10.6 Å². The molecule has 0 atom stereocenters. The summed E-state index contributed by atoms with van der Waals surface area (Å²) in [7, 11) is 0. The van der Waals surface area contributed by atoms with Gasteiger partial charge >= 0.3 is 0 Å². The first-order chi connectivity index (χ1) is 8.31. The van der Waals surface area contributed by atoms with Crippen molar-refractivity contribution in [1.82, 2.24) is 0 Å². The van der Waals surface area contributed by atoms with Crippen LogP contribution in [0.2, 0.25) is 0 Å². The Bertz CT molecular complexity index is 280. The summed E-state index contributed by atoms with van der Waals surface area (Å²) in [6, 6.07) is 10.7. The summed E-state index contributed by atoms with van der Waals surface area (Å²) in [6.07, 6.45) is 3.57. The summed E-state index contributed by atoms with van der Waals surface area (Å²) < 4.78 is 0. The molecule has 0 fully saturated rings. The van der Waals surface area contributed by atoms with Crippen molar-refractivity contribution in [2.75, 3.05) is 24.5 Å². The fourth-order valence-electron chi connectivity index (χ4n) is 2.11. The van der Waals surface area contributed by atoms with Gasteiger partial charge in [-0.05, 0) is 31.0 Å². The average molecular weight is 234 g/mol. The zero-order valence-electron chi connectivity index (χ0n) is 11.2. The maximum absolute atomic E-state index is 5.62. The van der Waals surface area contributed by atoms with E-state index in [1.54, 1.807) is 0 Å². The Kier molecular flexibility index (Phi) is 6.71. The van der Waals surface area contributed by atoms with Gasteiger partial charge in [0.2, 0.25) is 0 Å². The monoisotopic (exact) mass is 234 g/mol. The van der Waals surface area contributed by atoms with Crippen molar-refractivity contribution in [3.05, 3.63) is 30.3 Å². The van der Waals surface area contributed by atoms with E-state index in [0.29, 0.717) is 0 Å². The van der Waals surface area contributed by atoms with E-state index in [1.165, 1.54) is 18.5 Å². The summed E-state index contributed by atoms with van der Waals surface area (Å²) >= 11 is 0. The van der Waals surface area contributed by atoms with Crippen LogP contribution in [0.4, 0.5) is 5.69 Å². The van der Waals surface area contributed by atoms with Crippen LogP contribution in [-0.2, 0) is 0 Å². The molecule has 0 heterocycles. The molecule has 2 nitrogen and oxygen atoms in total. The van der Waals surface area contributed by atoms with Crippen LogP contribution in [0.5, 0.6) is 0 Å². The van der Waals surface area contributed by atoms with Crippen molar-refractivity contribution in [1.29, 1.82) is 0 Å². The van der Waals surface area contributed by atoms with Crippen LogP contribution in [0.1, 0.15) is 33.1 Å². The largest absolute Gasteiger partial charge is 0.371 e. The number of hydrogen-bond donors (Lipinski definition) is 1. The number of nitrogens with zero attached hydrogens (tertiary/aromatic N) is 1. The molecule has 1 aromatic carbocycles. The number of nitrogens with two attached hydrogens (primary N) is 1. The van der Waals surface area contributed by atoms with Gasteiger partial charge in [-0.3, -0.25) is 0 Å². The Labute approximate surface area is 106 Å². The maximum atomic E-state index is 5.62. The van der Waals surface area contributed by atoms with Crippen molar-refractivity contribution in [2.24, 2.45) is 11.7 Å². The molecule has 1 aromatic rings. The predicted molar refractivity (Wildman–Crippen MR) is 76.4 cm³/mol. The lowest BCUT2D eigenvalue weighted by molar-refractivity contribution is 0.481. The van der Waals surface area contributed by atoms with Crippen LogP contribution >= 0.6 is 0 Å². The van der Waals surface area contributed by atoms with Gasteiger partial charge in [-0.2, -0.15) is 0 Å². The first-order valence-electron chi connectivity index (χ1n) is 6.81. The molecule has 1 rings (SSSR count). The summed E-state index contributed by atoms with van der Waals surface area (Å²) in [5, 5.41) is 0. The summed E-state index contributed by atoms with van der Waals surface area (Å²) in [6.45, 7) is 7.54. The smallest absolute Gasteiger partial charge is 0.0366 e. The molecule has 0 unspecified atom stereocenters. The Balaban J connectivity index is 2.66. The lowest BCUT2D eigenvalue weighted by Crippen LogP contribution is -2.31. The van der Waals surface area contributed by atoms with Gasteiger partial charge in [0.15, 0.2) is 0 Å². The van der Waals surface area contributed by atoms with Crippen LogP contribution in [0, 0.1) is 5.92 Å². The minimum Gasteiger partial charge on any atom is -0.371 e. The highest BCUT2D eigenvalue weighted by Gasteiger charge is 2.11. The molecule has 17 heavy (non-hydrogen) atoms. The Morgan fingerprint density at radius 2 is 1.76 bits per heavy atom. The van der Waals surface area contributed by atoms with Gasteiger partial charge in [-0.25, -0.2) is 0 Å². The molecule has 96 valence electrons.